The zero-order valence-corrected chi connectivity index (χ0v) is 27.1. The van der Waals surface area contributed by atoms with Crippen molar-refractivity contribution in [1.82, 2.24) is 0 Å². The second-order valence-corrected chi connectivity index (χ2v) is 16.3. The van der Waals surface area contributed by atoms with Crippen molar-refractivity contribution in [2.75, 3.05) is 0 Å². The molecule has 0 saturated carbocycles. The van der Waals surface area contributed by atoms with Crippen LogP contribution in [0.4, 0.5) is 0 Å². The van der Waals surface area contributed by atoms with Gasteiger partial charge in [0.1, 0.15) is 23.0 Å². The van der Waals surface area contributed by atoms with E-state index in [-0.39, 0.29) is 6.71 Å². The average molecular weight is 619 g/mol. The Labute approximate surface area is 277 Å². The predicted molar refractivity (Wildman–Crippen MR) is 198 cm³/mol. The molecule has 2 aliphatic heterocycles. The molecule has 0 saturated heterocycles. The molecule has 9 rings (SSSR count). The van der Waals surface area contributed by atoms with Crippen LogP contribution in [-0.2, 0) is 0 Å². The van der Waals surface area contributed by atoms with Crippen LogP contribution in [0.1, 0.15) is 5.56 Å². The minimum atomic E-state index is -2.62. The van der Waals surface area contributed by atoms with Gasteiger partial charge in [-0.2, -0.15) is 0 Å². The number of para-hydroxylation sites is 2. The van der Waals surface area contributed by atoms with Gasteiger partial charge in [-0.25, -0.2) is 0 Å². The number of hydrogen-bond donors (Lipinski definition) is 0. The monoisotopic (exact) mass is 618 g/mol. The van der Waals surface area contributed by atoms with Crippen LogP contribution in [0.5, 0.6) is 23.0 Å². The summed E-state index contributed by atoms with van der Waals surface area (Å²) in [6.45, 7) is 2.23. The van der Waals surface area contributed by atoms with Crippen molar-refractivity contribution in [2.45, 2.75) is 6.92 Å². The van der Waals surface area contributed by atoms with Crippen LogP contribution in [0.2, 0.25) is 0 Å². The second-order valence-electron chi connectivity index (χ2n) is 12.5. The molecule has 0 fully saturated rings. The molecule has 2 aliphatic rings. The Kier molecular flexibility index (Phi) is 6.51. The van der Waals surface area contributed by atoms with Crippen molar-refractivity contribution in [1.29, 1.82) is 0 Å². The molecule has 7 aromatic carbocycles. The fraction of sp³-hybridized carbons (Fsp3) is 0.0233. The Hall–Kier alpha value is -5.58. The van der Waals surface area contributed by atoms with Gasteiger partial charge in [0.25, 0.3) is 6.71 Å². The van der Waals surface area contributed by atoms with E-state index in [2.05, 4.69) is 165 Å². The SMILES string of the molecule is Cc1ccc([Si](c2ccccc2)(c2ccccc2)c2ccc(-c3cc4c5c(c3)Oc3ccccc3B5c3ccccc3O4)cc2)cc1. The van der Waals surface area contributed by atoms with Gasteiger partial charge in [-0.05, 0) is 74.0 Å². The lowest BCUT2D eigenvalue weighted by Gasteiger charge is -2.34. The van der Waals surface area contributed by atoms with Gasteiger partial charge in [-0.1, -0.05) is 151 Å². The van der Waals surface area contributed by atoms with Crippen molar-refractivity contribution >= 4 is 51.9 Å². The lowest BCUT2D eigenvalue weighted by Crippen LogP contribution is -2.74. The smallest absolute Gasteiger partial charge is 0.260 e. The molecule has 0 radical (unpaired) electrons. The maximum absolute atomic E-state index is 6.59. The second kappa shape index (κ2) is 11.0. The van der Waals surface area contributed by atoms with Gasteiger partial charge in [0.15, 0.2) is 8.07 Å². The molecular formula is C43H31BO2Si. The number of benzene rings is 7. The zero-order valence-electron chi connectivity index (χ0n) is 26.1. The van der Waals surface area contributed by atoms with Crippen molar-refractivity contribution in [3.05, 3.63) is 175 Å². The van der Waals surface area contributed by atoms with Crippen molar-refractivity contribution in [3.63, 3.8) is 0 Å². The summed E-state index contributed by atoms with van der Waals surface area (Å²) in [5, 5.41) is 5.45. The van der Waals surface area contributed by atoms with E-state index in [1.54, 1.807) is 0 Å². The molecule has 2 heterocycles. The molecule has 0 spiro atoms. The van der Waals surface area contributed by atoms with Crippen LogP contribution in [0.25, 0.3) is 11.1 Å². The van der Waals surface area contributed by atoms with Crippen molar-refractivity contribution in [2.24, 2.45) is 0 Å². The van der Waals surface area contributed by atoms with E-state index in [0.717, 1.165) is 39.6 Å². The van der Waals surface area contributed by atoms with Crippen molar-refractivity contribution in [3.8, 4) is 34.1 Å². The molecular weight excluding hydrogens is 587 g/mol. The van der Waals surface area contributed by atoms with E-state index in [4.69, 9.17) is 9.47 Å². The topological polar surface area (TPSA) is 18.5 Å². The normalized spacial score (nSPS) is 12.7. The van der Waals surface area contributed by atoms with Crippen LogP contribution in [-0.4, -0.2) is 14.8 Å². The molecule has 7 aromatic rings. The highest BCUT2D eigenvalue weighted by Gasteiger charge is 2.42. The molecule has 0 atom stereocenters. The highest BCUT2D eigenvalue weighted by Crippen LogP contribution is 2.38. The number of rotatable bonds is 5. The Morgan fingerprint density at radius 3 is 1.34 bits per heavy atom. The lowest BCUT2D eigenvalue weighted by molar-refractivity contribution is 0.465. The van der Waals surface area contributed by atoms with Gasteiger partial charge in [0.05, 0.1) is 0 Å². The summed E-state index contributed by atoms with van der Waals surface area (Å²) >= 11 is 0. The van der Waals surface area contributed by atoms with Gasteiger partial charge >= 0.3 is 0 Å². The summed E-state index contributed by atoms with van der Waals surface area (Å²) < 4.78 is 13.2. The van der Waals surface area contributed by atoms with Gasteiger partial charge in [0.2, 0.25) is 0 Å². The van der Waals surface area contributed by atoms with Gasteiger partial charge in [-0.15, -0.1) is 0 Å². The quantitative estimate of drug-likeness (QED) is 0.180. The molecule has 4 heteroatoms. The first-order chi connectivity index (χ1) is 23.2. The molecule has 0 aromatic heterocycles. The molecule has 2 nitrogen and oxygen atoms in total. The van der Waals surface area contributed by atoms with E-state index in [9.17, 15) is 0 Å². The fourth-order valence-corrected chi connectivity index (χ4v) is 12.4. The third-order valence-corrected chi connectivity index (χ3v) is 14.6. The molecule has 222 valence electrons. The lowest BCUT2D eigenvalue weighted by atomic mass is 9.35. The zero-order chi connectivity index (χ0) is 31.4. The Morgan fingerprint density at radius 2 is 0.830 bits per heavy atom. The third kappa shape index (κ3) is 4.40. The maximum atomic E-state index is 6.59. The van der Waals surface area contributed by atoms with Crippen LogP contribution >= 0.6 is 0 Å². The molecule has 0 amide bonds. The summed E-state index contributed by atoms with van der Waals surface area (Å²) in [6.07, 6.45) is 0. The Morgan fingerprint density at radius 1 is 0.404 bits per heavy atom. The number of hydrogen-bond acceptors (Lipinski definition) is 2. The van der Waals surface area contributed by atoms with Gasteiger partial charge in [0, 0.05) is 5.46 Å². The molecule has 47 heavy (non-hydrogen) atoms. The highest BCUT2D eigenvalue weighted by atomic mass is 28.3. The first-order valence-electron chi connectivity index (χ1n) is 16.2. The van der Waals surface area contributed by atoms with Crippen LogP contribution in [0.15, 0.2) is 170 Å². The first kappa shape index (κ1) is 27.7. The van der Waals surface area contributed by atoms with Gasteiger partial charge in [-0.3, -0.25) is 0 Å². The van der Waals surface area contributed by atoms with E-state index in [0.29, 0.717) is 0 Å². The Balaban J connectivity index is 1.20. The van der Waals surface area contributed by atoms with E-state index in [1.807, 2.05) is 12.1 Å². The first-order valence-corrected chi connectivity index (χ1v) is 18.2. The molecule has 0 bridgehead atoms. The average Bonchev–Trinajstić information content (AvgIpc) is 3.13. The fourth-order valence-electron chi connectivity index (χ4n) is 7.65. The summed E-state index contributed by atoms with van der Waals surface area (Å²) in [5.74, 6) is 3.52. The summed E-state index contributed by atoms with van der Waals surface area (Å²) in [6, 6.07) is 61.7. The van der Waals surface area contributed by atoms with E-state index in [1.165, 1.54) is 37.2 Å². The van der Waals surface area contributed by atoms with Crippen molar-refractivity contribution < 1.29 is 9.47 Å². The molecule has 0 aliphatic carbocycles. The summed E-state index contributed by atoms with van der Waals surface area (Å²) in [5.41, 5.74) is 6.91. The van der Waals surface area contributed by atoms with Gasteiger partial charge < -0.3 is 9.47 Å². The minimum Gasteiger partial charge on any atom is -0.458 e. The minimum absolute atomic E-state index is 0.0733. The molecule has 0 unspecified atom stereocenters. The third-order valence-electron chi connectivity index (χ3n) is 9.84. The number of fused-ring (bicyclic) bond motifs is 4. The number of aryl methyl sites for hydroxylation is 1. The van der Waals surface area contributed by atoms with E-state index >= 15 is 0 Å². The highest BCUT2D eigenvalue weighted by molar-refractivity contribution is 7.19. The van der Waals surface area contributed by atoms with Crippen LogP contribution in [0, 0.1) is 6.92 Å². The van der Waals surface area contributed by atoms with Crippen LogP contribution < -0.4 is 46.6 Å². The van der Waals surface area contributed by atoms with Crippen LogP contribution in [0.3, 0.4) is 0 Å². The Bertz CT molecular complexity index is 2140. The number of ether oxygens (including phenoxy) is 2. The molecule has 0 N–H and O–H groups in total. The largest absolute Gasteiger partial charge is 0.458 e. The van der Waals surface area contributed by atoms with E-state index < -0.39 is 8.07 Å². The standard InChI is InChI=1S/C43H31BO2Si/c1-30-20-24-35(25-21-30)47(33-12-4-2-5-13-33,34-14-6-3-7-15-34)36-26-22-31(23-27-36)32-28-41-43-42(29-32)46-40-19-11-9-17-38(40)44(43)37-16-8-10-18-39(37)45-41/h2-29H,1H3. The summed E-state index contributed by atoms with van der Waals surface area (Å²) in [4.78, 5) is 0. The predicted octanol–water partition coefficient (Wildman–Crippen LogP) is 5.77. The summed E-state index contributed by atoms with van der Waals surface area (Å²) in [7, 11) is -2.62. The maximum Gasteiger partial charge on any atom is 0.260 e.